The van der Waals surface area contributed by atoms with Gasteiger partial charge in [0.25, 0.3) is 5.91 Å². The number of carbonyl (C=O) groups is 1. The Morgan fingerprint density at radius 3 is 2.73 bits per heavy atom. The average Bonchev–Trinajstić information content (AvgIpc) is 2.49. The first-order valence-electron chi connectivity index (χ1n) is 6.99. The van der Waals surface area contributed by atoms with E-state index in [0.717, 1.165) is 32.0 Å². The van der Waals surface area contributed by atoms with Crippen LogP contribution < -0.4 is 10.6 Å². The molecule has 0 unspecified atom stereocenters. The Bertz CT molecular complexity index is 503. The molecule has 4 nitrogen and oxygen atoms in total. The Morgan fingerprint density at radius 2 is 2.14 bits per heavy atom. The SMILES string of the molecule is COCC1(CNC(=O)c2ccc(Cl)c(F)c2)CCNCC1.Cl. The summed E-state index contributed by atoms with van der Waals surface area (Å²) in [4.78, 5) is 12.1. The number of rotatable bonds is 5. The first-order valence-corrected chi connectivity index (χ1v) is 7.37. The summed E-state index contributed by atoms with van der Waals surface area (Å²) in [5, 5.41) is 6.20. The number of hydrogen-bond donors (Lipinski definition) is 2. The summed E-state index contributed by atoms with van der Waals surface area (Å²) in [7, 11) is 1.67. The summed E-state index contributed by atoms with van der Waals surface area (Å²) in [6, 6.07) is 4.07. The second-order valence-electron chi connectivity index (χ2n) is 5.49. The molecule has 2 rings (SSSR count). The highest BCUT2D eigenvalue weighted by Crippen LogP contribution is 2.28. The van der Waals surface area contributed by atoms with Crippen LogP contribution in [0.15, 0.2) is 18.2 Å². The maximum absolute atomic E-state index is 13.4. The summed E-state index contributed by atoms with van der Waals surface area (Å²) in [5.74, 6) is -0.877. The minimum atomic E-state index is -0.585. The molecule has 1 aromatic rings. The molecule has 0 aromatic heterocycles. The monoisotopic (exact) mass is 350 g/mol. The summed E-state index contributed by atoms with van der Waals surface area (Å²) in [6.45, 7) is 2.94. The molecular weight excluding hydrogens is 330 g/mol. The van der Waals surface area contributed by atoms with Gasteiger partial charge in [-0.05, 0) is 44.1 Å². The fourth-order valence-corrected chi connectivity index (χ4v) is 2.76. The van der Waals surface area contributed by atoms with Gasteiger partial charge in [0.05, 0.1) is 11.6 Å². The van der Waals surface area contributed by atoms with Crippen LogP contribution in [0.5, 0.6) is 0 Å². The zero-order valence-corrected chi connectivity index (χ0v) is 14.0. The highest BCUT2D eigenvalue weighted by molar-refractivity contribution is 6.30. The fourth-order valence-electron chi connectivity index (χ4n) is 2.64. The number of halogens is 3. The molecule has 1 aliphatic heterocycles. The van der Waals surface area contributed by atoms with Crippen molar-refractivity contribution >= 4 is 29.9 Å². The molecule has 124 valence electrons. The number of piperidine rings is 1. The number of hydrogen-bond acceptors (Lipinski definition) is 3. The summed E-state index contributed by atoms with van der Waals surface area (Å²) < 4.78 is 18.7. The van der Waals surface area contributed by atoms with Gasteiger partial charge in [-0.1, -0.05) is 11.6 Å². The minimum Gasteiger partial charge on any atom is -0.384 e. The van der Waals surface area contributed by atoms with Crippen LogP contribution in [-0.4, -0.2) is 39.3 Å². The lowest BCUT2D eigenvalue weighted by Crippen LogP contribution is -2.47. The molecule has 2 N–H and O–H groups in total. The molecule has 0 radical (unpaired) electrons. The summed E-state index contributed by atoms with van der Waals surface area (Å²) >= 11 is 5.62. The summed E-state index contributed by atoms with van der Waals surface area (Å²) in [5.41, 5.74) is 0.221. The Balaban J connectivity index is 0.00000242. The van der Waals surface area contributed by atoms with Crippen LogP contribution in [-0.2, 0) is 4.74 Å². The molecule has 0 bridgehead atoms. The lowest BCUT2D eigenvalue weighted by Gasteiger charge is -2.37. The molecular formula is C15H21Cl2FN2O2. The van der Waals surface area contributed by atoms with Crippen molar-refractivity contribution in [3.63, 3.8) is 0 Å². The molecule has 1 heterocycles. The van der Waals surface area contributed by atoms with Gasteiger partial charge in [-0.3, -0.25) is 4.79 Å². The largest absolute Gasteiger partial charge is 0.384 e. The van der Waals surface area contributed by atoms with Gasteiger partial charge >= 0.3 is 0 Å². The maximum atomic E-state index is 13.4. The number of benzene rings is 1. The van der Waals surface area contributed by atoms with Crippen molar-refractivity contribution in [3.8, 4) is 0 Å². The van der Waals surface area contributed by atoms with Crippen molar-refractivity contribution in [2.75, 3.05) is 33.4 Å². The second-order valence-corrected chi connectivity index (χ2v) is 5.90. The van der Waals surface area contributed by atoms with Gasteiger partial charge in [-0.2, -0.15) is 0 Å². The van der Waals surface area contributed by atoms with E-state index in [-0.39, 0.29) is 34.3 Å². The number of ether oxygens (including phenoxy) is 1. The predicted molar refractivity (Wildman–Crippen MR) is 87.4 cm³/mol. The zero-order chi connectivity index (χ0) is 15.3. The third-order valence-electron chi connectivity index (χ3n) is 3.92. The van der Waals surface area contributed by atoms with Crippen LogP contribution in [0.25, 0.3) is 0 Å². The molecule has 0 aliphatic carbocycles. The van der Waals surface area contributed by atoms with E-state index < -0.39 is 5.82 Å². The smallest absolute Gasteiger partial charge is 0.251 e. The van der Waals surface area contributed by atoms with E-state index in [1.165, 1.54) is 12.1 Å². The molecule has 0 saturated carbocycles. The van der Waals surface area contributed by atoms with Crippen molar-refractivity contribution in [2.45, 2.75) is 12.8 Å². The lowest BCUT2D eigenvalue weighted by molar-refractivity contribution is 0.0511. The Labute approximate surface area is 141 Å². The van der Waals surface area contributed by atoms with Gasteiger partial charge in [0, 0.05) is 24.6 Å². The topological polar surface area (TPSA) is 50.4 Å². The molecule has 7 heteroatoms. The summed E-state index contributed by atoms with van der Waals surface area (Å²) in [6.07, 6.45) is 1.88. The van der Waals surface area contributed by atoms with E-state index in [0.29, 0.717) is 13.2 Å². The number of carbonyl (C=O) groups excluding carboxylic acids is 1. The molecule has 0 atom stereocenters. The molecule has 1 amide bonds. The molecule has 22 heavy (non-hydrogen) atoms. The van der Waals surface area contributed by atoms with Crippen LogP contribution >= 0.6 is 24.0 Å². The molecule has 1 saturated heterocycles. The van der Waals surface area contributed by atoms with E-state index in [1.54, 1.807) is 7.11 Å². The van der Waals surface area contributed by atoms with Gasteiger partial charge in [0.1, 0.15) is 5.82 Å². The first-order chi connectivity index (χ1) is 10.1. The van der Waals surface area contributed by atoms with Crippen LogP contribution in [0.2, 0.25) is 5.02 Å². The highest BCUT2D eigenvalue weighted by atomic mass is 35.5. The maximum Gasteiger partial charge on any atom is 0.251 e. The van der Waals surface area contributed by atoms with E-state index in [1.807, 2.05) is 0 Å². The van der Waals surface area contributed by atoms with Crippen LogP contribution in [0.3, 0.4) is 0 Å². The van der Waals surface area contributed by atoms with E-state index in [2.05, 4.69) is 10.6 Å². The first kappa shape index (κ1) is 19.2. The number of methoxy groups -OCH3 is 1. The van der Waals surface area contributed by atoms with Crippen molar-refractivity contribution in [1.82, 2.24) is 10.6 Å². The average molecular weight is 351 g/mol. The van der Waals surface area contributed by atoms with E-state index >= 15 is 0 Å². The van der Waals surface area contributed by atoms with Gasteiger partial charge in [-0.25, -0.2) is 4.39 Å². The zero-order valence-electron chi connectivity index (χ0n) is 12.5. The standard InChI is InChI=1S/C15H20ClFN2O2.ClH/c1-21-10-15(4-6-18-7-5-15)9-19-14(20)11-2-3-12(16)13(17)8-11;/h2-3,8,18H,4-7,9-10H2,1H3,(H,19,20);1H. The van der Waals surface area contributed by atoms with Crippen molar-refractivity contribution in [3.05, 3.63) is 34.6 Å². The third kappa shape index (κ3) is 4.81. The van der Waals surface area contributed by atoms with Crippen LogP contribution in [0.4, 0.5) is 4.39 Å². The quantitative estimate of drug-likeness (QED) is 0.858. The predicted octanol–water partition coefficient (Wildman–Crippen LogP) is 2.65. The van der Waals surface area contributed by atoms with E-state index in [4.69, 9.17) is 16.3 Å². The van der Waals surface area contributed by atoms with Crippen molar-refractivity contribution in [2.24, 2.45) is 5.41 Å². The fraction of sp³-hybridized carbons (Fsp3) is 0.533. The third-order valence-corrected chi connectivity index (χ3v) is 4.23. The molecule has 1 aliphatic rings. The van der Waals surface area contributed by atoms with Crippen molar-refractivity contribution in [1.29, 1.82) is 0 Å². The van der Waals surface area contributed by atoms with Gasteiger partial charge in [-0.15, -0.1) is 12.4 Å². The van der Waals surface area contributed by atoms with Crippen molar-refractivity contribution < 1.29 is 13.9 Å². The Kier molecular flexibility index (Phi) is 7.56. The number of amides is 1. The lowest BCUT2D eigenvalue weighted by atomic mass is 9.79. The second kappa shape index (κ2) is 8.67. The number of nitrogens with one attached hydrogen (secondary N) is 2. The van der Waals surface area contributed by atoms with Gasteiger partial charge in [0.2, 0.25) is 0 Å². The highest BCUT2D eigenvalue weighted by Gasteiger charge is 2.32. The molecule has 1 fully saturated rings. The Hall–Kier alpha value is -0.880. The van der Waals surface area contributed by atoms with E-state index in [9.17, 15) is 9.18 Å². The minimum absolute atomic E-state index is 0. The Morgan fingerprint density at radius 1 is 1.45 bits per heavy atom. The van der Waals surface area contributed by atoms with Gasteiger partial charge < -0.3 is 15.4 Å². The molecule has 1 aromatic carbocycles. The van der Waals surface area contributed by atoms with Crippen LogP contribution in [0, 0.1) is 11.2 Å². The molecule has 0 spiro atoms. The normalized spacial score (nSPS) is 16.7. The van der Waals surface area contributed by atoms with Gasteiger partial charge in [0.15, 0.2) is 0 Å². The van der Waals surface area contributed by atoms with Crippen LogP contribution in [0.1, 0.15) is 23.2 Å².